The van der Waals surface area contributed by atoms with Gasteiger partial charge in [-0.3, -0.25) is 11.3 Å². The van der Waals surface area contributed by atoms with Crippen LogP contribution in [0.25, 0.3) is 0 Å². The Morgan fingerprint density at radius 3 is 2.74 bits per heavy atom. The first-order valence-electron chi connectivity index (χ1n) is 5.75. The maximum Gasteiger partial charge on any atom is 0.0352 e. The average molecular weight is 422 g/mol. The number of thioether (sulfide) groups is 1. The fourth-order valence-corrected chi connectivity index (χ4v) is 4.76. The molecule has 0 aliphatic heterocycles. The molecular weight excluding hydrogens is 408 g/mol. The summed E-state index contributed by atoms with van der Waals surface area (Å²) in [7, 11) is 0. The normalized spacial score (nSPS) is 12.6. The Morgan fingerprint density at radius 2 is 2.11 bits per heavy atom. The molecule has 19 heavy (non-hydrogen) atoms. The van der Waals surface area contributed by atoms with Crippen molar-refractivity contribution in [1.29, 1.82) is 0 Å². The minimum absolute atomic E-state index is 0.266. The van der Waals surface area contributed by atoms with Crippen LogP contribution < -0.4 is 11.3 Å². The molecule has 2 aromatic rings. The molecule has 2 nitrogen and oxygen atoms in total. The van der Waals surface area contributed by atoms with Gasteiger partial charge in [-0.05, 0) is 56.5 Å². The van der Waals surface area contributed by atoms with E-state index in [1.807, 2.05) is 23.9 Å². The Bertz CT molecular complexity index is 531. The average Bonchev–Trinajstić information content (AvgIpc) is 2.81. The van der Waals surface area contributed by atoms with Gasteiger partial charge in [-0.2, -0.15) is 0 Å². The number of hydrogen-bond donors (Lipinski definition) is 2. The molecule has 0 spiro atoms. The molecule has 0 aliphatic rings. The minimum atomic E-state index is 0.266. The van der Waals surface area contributed by atoms with E-state index in [0.29, 0.717) is 0 Å². The lowest BCUT2D eigenvalue weighted by Crippen LogP contribution is -2.38. The Balaban J connectivity index is 1.91. The number of rotatable bonds is 6. The summed E-state index contributed by atoms with van der Waals surface area (Å²) in [6.07, 6.45) is 0.949. The topological polar surface area (TPSA) is 38.0 Å². The van der Waals surface area contributed by atoms with Crippen molar-refractivity contribution >= 4 is 55.0 Å². The van der Waals surface area contributed by atoms with Gasteiger partial charge in [0.15, 0.2) is 0 Å². The van der Waals surface area contributed by atoms with Gasteiger partial charge in [0.2, 0.25) is 0 Å². The molecule has 1 atom stereocenters. The fourth-order valence-electron chi connectivity index (χ4n) is 1.62. The lowest BCUT2D eigenvalue weighted by Gasteiger charge is -2.15. The summed E-state index contributed by atoms with van der Waals surface area (Å²) in [5.74, 6) is 6.59. The second-order valence-corrected chi connectivity index (χ2v) is 7.87. The monoisotopic (exact) mass is 420 g/mol. The molecule has 0 amide bonds. The zero-order chi connectivity index (χ0) is 13.7. The first kappa shape index (κ1) is 15.5. The van der Waals surface area contributed by atoms with Gasteiger partial charge in [-0.15, -0.1) is 23.1 Å². The summed E-state index contributed by atoms with van der Waals surface area (Å²) in [6.45, 7) is 0. The van der Waals surface area contributed by atoms with E-state index in [0.717, 1.165) is 21.1 Å². The van der Waals surface area contributed by atoms with Crippen LogP contribution in [0, 0.1) is 0 Å². The van der Waals surface area contributed by atoms with Crippen LogP contribution in [0.3, 0.4) is 0 Å². The summed E-state index contributed by atoms with van der Waals surface area (Å²) < 4.78 is 2.27. The summed E-state index contributed by atoms with van der Waals surface area (Å²) in [5.41, 5.74) is 2.90. The van der Waals surface area contributed by atoms with Crippen LogP contribution in [-0.2, 0) is 6.42 Å². The molecule has 1 aromatic heterocycles. The molecule has 1 heterocycles. The first-order chi connectivity index (χ1) is 9.19. The SMILES string of the molecule is NNC(CSc1ccccc1Br)Cc1cc(Br)cs1. The van der Waals surface area contributed by atoms with Crippen molar-refractivity contribution in [3.63, 3.8) is 0 Å². The van der Waals surface area contributed by atoms with Crippen molar-refractivity contribution < 1.29 is 0 Å². The quantitative estimate of drug-likeness (QED) is 0.411. The maximum atomic E-state index is 5.65. The third-order valence-corrected chi connectivity index (χ3v) is 6.49. The van der Waals surface area contributed by atoms with Gasteiger partial charge in [-0.1, -0.05) is 12.1 Å². The molecular formula is C13H14Br2N2S2. The summed E-state index contributed by atoms with van der Waals surface area (Å²) >= 11 is 10.6. The molecule has 1 unspecified atom stereocenters. The summed E-state index contributed by atoms with van der Waals surface area (Å²) in [6, 6.07) is 10.7. The molecule has 0 radical (unpaired) electrons. The zero-order valence-electron chi connectivity index (χ0n) is 10.1. The molecule has 3 N–H and O–H groups in total. The number of hydrogen-bond acceptors (Lipinski definition) is 4. The van der Waals surface area contributed by atoms with Crippen molar-refractivity contribution in [2.75, 3.05) is 5.75 Å². The van der Waals surface area contributed by atoms with Crippen LogP contribution in [0.5, 0.6) is 0 Å². The van der Waals surface area contributed by atoms with Crippen molar-refractivity contribution in [1.82, 2.24) is 5.43 Å². The van der Waals surface area contributed by atoms with E-state index in [2.05, 4.69) is 60.9 Å². The Morgan fingerprint density at radius 1 is 1.32 bits per heavy atom. The first-order valence-corrected chi connectivity index (χ1v) is 9.20. The number of thiophene rings is 1. The lowest BCUT2D eigenvalue weighted by molar-refractivity contribution is 0.579. The highest BCUT2D eigenvalue weighted by Crippen LogP contribution is 2.28. The Kier molecular flexibility index (Phi) is 6.38. The summed E-state index contributed by atoms with van der Waals surface area (Å²) in [4.78, 5) is 2.58. The van der Waals surface area contributed by atoms with Crippen molar-refractivity contribution in [2.45, 2.75) is 17.4 Å². The van der Waals surface area contributed by atoms with Crippen LogP contribution in [-0.4, -0.2) is 11.8 Å². The highest BCUT2D eigenvalue weighted by Gasteiger charge is 2.11. The second kappa shape index (κ2) is 7.81. The molecule has 2 rings (SSSR count). The van der Waals surface area contributed by atoms with Gasteiger partial charge in [0.1, 0.15) is 0 Å². The Hall–Kier alpha value is 0.150. The minimum Gasteiger partial charge on any atom is -0.271 e. The van der Waals surface area contributed by atoms with Gasteiger partial charge < -0.3 is 0 Å². The molecule has 0 aliphatic carbocycles. The maximum absolute atomic E-state index is 5.65. The van der Waals surface area contributed by atoms with Gasteiger partial charge in [0.25, 0.3) is 0 Å². The van der Waals surface area contributed by atoms with Gasteiger partial charge >= 0.3 is 0 Å². The number of nitrogens with one attached hydrogen (secondary N) is 1. The van der Waals surface area contributed by atoms with E-state index in [-0.39, 0.29) is 6.04 Å². The summed E-state index contributed by atoms with van der Waals surface area (Å²) in [5, 5.41) is 2.10. The fraction of sp³-hybridized carbons (Fsp3) is 0.231. The van der Waals surface area contributed by atoms with Gasteiger partial charge in [0, 0.05) is 35.9 Å². The van der Waals surface area contributed by atoms with E-state index < -0.39 is 0 Å². The standard InChI is InChI=1S/C13H14Br2N2S2/c14-9-5-11(18-7-9)6-10(17-16)8-19-13-4-2-1-3-12(13)15/h1-5,7,10,17H,6,8,16H2. The smallest absolute Gasteiger partial charge is 0.0352 e. The van der Waals surface area contributed by atoms with E-state index >= 15 is 0 Å². The molecule has 102 valence electrons. The van der Waals surface area contributed by atoms with Crippen LogP contribution in [0.2, 0.25) is 0 Å². The van der Waals surface area contributed by atoms with Crippen LogP contribution in [0.15, 0.2) is 49.6 Å². The van der Waals surface area contributed by atoms with Crippen LogP contribution in [0.1, 0.15) is 4.88 Å². The van der Waals surface area contributed by atoms with Crippen LogP contribution >= 0.6 is 55.0 Å². The number of nitrogens with two attached hydrogens (primary N) is 1. The third-order valence-electron chi connectivity index (χ3n) is 2.58. The molecule has 6 heteroatoms. The van der Waals surface area contributed by atoms with Crippen molar-refractivity contribution in [2.24, 2.45) is 5.84 Å². The van der Waals surface area contributed by atoms with E-state index in [1.54, 1.807) is 11.3 Å². The largest absolute Gasteiger partial charge is 0.271 e. The lowest BCUT2D eigenvalue weighted by atomic mass is 10.2. The highest BCUT2D eigenvalue weighted by atomic mass is 79.9. The number of benzene rings is 1. The van der Waals surface area contributed by atoms with Crippen molar-refractivity contribution in [3.05, 3.63) is 49.5 Å². The molecule has 1 aromatic carbocycles. The second-order valence-electron chi connectivity index (χ2n) is 4.04. The predicted octanol–water partition coefficient (Wildman–Crippen LogP) is 4.44. The number of halogens is 2. The van der Waals surface area contributed by atoms with Gasteiger partial charge in [0.05, 0.1) is 0 Å². The van der Waals surface area contributed by atoms with Gasteiger partial charge in [-0.25, -0.2) is 0 Å². The van der Waals surface area contributed by atoms with Crippen molar-refractivity contribution in [3.8, 4) is 0 Å². The molecule has 0 bridgehead atoms. The number of hydrazine groups is 1. The Labute approximate surface area is 138 Å². The van der Waals surface area contributed by atoms with E-state index in [4.69, 9.17) is 5.84 Å². The molecule has 0 fully saturated rings. The van der Waals surface area contributed by atoms with Crippen LogP contribution in [0.4, 0.5) is 0 Å². The van der Waals surface area contributed by atoms with E-state index in [9.17, 15) is 0 Å². The third kappa shape index (κ3) is 4.88. The molecule has 0 saturated heterocycles. The predicted molar refractivity (Wildman–Crippen MR) is 91.7 cm³/mol. The van der Waals surface area contributed by atoms with E-state index in [1.165, 1.54) is 9.77 Å². The zero-order valence-corrected chi connectivity index (χ0v) is 14.9. The highest BCUT2D eigenvalue weighted by molar-refractivity contribution is 9.10. The molecule has 0 saturated carbocycles.